The van der Waals surface area contributed by atoms with E-state index in [0.717, 1.165) is 50.5 Å². The summed E-state index contributed by atoms with van der Waals surface area (Å²) in [7, 11) is 0. The van der Waals surface area contributed by atoms with E-state index in [9.17, 15) is 15.3 Å². The van der Waals surface area contributed by atoms with Crippen molar-refractivity contribution < 1.29 is 15.3 Å². The molecule has 7 atom stereocenters. The molecule has 2 unspecified atom stereocenters. The van der Waals surface area contributed by atoms with Gasteiger partial charge < -0.3 is 15.3 Å². The number of aliphatic hydroxyl groups excluding tert-OH is 2. The van der Waals surface area contributed by atoms with Crippen molar-refractivity contribution in [3.8, 4) is 0 Å². The van der Waals surface area contributed by atoms with Gasteiger partial charge >= 0.3 is 0 Å². The highest BCUT2D eigenvalue weighted by Crippen LogP contribution is 2.68. The average molecular weight is 493 g/mol. The molecule has 198 valence electrons. The number of rotatable bonds is 6. The lowest BCUT2D eigenvalue weighted by Gasteiger charge is -2.63. The first-order valence-electron chi connectivity index (χ1n) is 14.5. The Morgan fingerprint density at radius 3 is 2.39 bits per heavy atom. The van der Waals surface area contributed by atoms with Gasteiger partial charge in [0.25, 0.3) is 0 Å². The molecule has 0 heterocycles. The van der Waals surface area contributed by atoms with E-state index in [0.29, 0.717) is 24.2 Å². The number of aliphatic hydroxyl groups is 3. The molecule has 0 spiro atoms. The molecule has 3 nitrogen and oxygen atoms in total. The van der Waals surface area contributed by atoms with Crippen molar-refractivity contribution in [1.29, 1.82) is 0 Å². The molecule has 0 saturated heterocycles. The van der Waals surface area contributed by atoms with Gasteiger partial charge in [-0.15, -0.1) is 0 Å². The SMILES string of the molecule is C[C@H](CC(O)c1ccccc1)[C@H]1CC=C2C3=C(CC[C@@]21C)[C@@]1(C)CCC(O)(CCO)C(C)(C)[C@@H]1CC3. The Labute approximate surface area is 218 Å². The molecule has 1 fully saturated rings. The Bertz CT molecular complexity index is 1040. The molecule has 4 aliphatic rings. The molecule has 0 bridgehead atoms. The number of allylic oxidation sites excluding steroid dienone is 4. The van der Waals surface area contributed by atoms with Crippen LogP contribution in [0, 0.1) is 34.0 Å². The number of fused-ring (bicyclic) bond motifs is 4. The van der Waals surface area contributed by atoms with Gasteiger partial charge in [-0.05, 0) is 108 Å². The first-order chi connectivity index (χ1) is 17.0. The highest BCUT2D eigenvalue weighted by molar-refractivity contribution is 5.50. The summed E-state index contributed by atoms with van der Waals surface area (Å²) >= 11 is 0. The summed E-state index contributed by atoms with van der Waals surface area (Å²) in [5, 5.41) is 32.2. The largest absolute Gasteiger partial charge is 0.396 e. The molecular formula is C33H48O3. The smallest absolute Gasteiger partial charge is 0.0792 e. The number of benzene rings is 1. The third-order valence-corrected chi connectivity index (χ3v) is 11.9. The predicted molar refractivity (Wildman–Crippen MR) is 146 cm³/mol. The molecule has 0 aromatic heterocycles. The van der Waals surface area contributed by atoms with E-state index in [1.807, 2.05) is 30.3 Å². The van der Waals surface area contributed by atoms with Crippen LogP contribution >= 0.6 is 0 Å². The monoisotopic (exact) mass is 492 g/mol. The van der Waals surface area contributed by atoms with Crippen molar-refractivity contribution in [2.45, 2.75) is 104 Å². The second-order valence-corrected chi connectivity index (χ2v) is 13.7. The topological polar surface area (TPSA) is 60.7 Å². The minimum absolute atomic E-state index is 0.0566. The fourth-order valence-corrected chi connectivity index (χ4v) is 9.57. The van der Waals surface area contributed by atoms with Gasteiger partial charge in [0.2, 0.25) is 0 Å². The maximum atomic E-state index is 11.6. The van der Waals surface area contributed by atoms with E-state index < -0.39 is 11.7 Å². The van der Waals surface area contributed by atoms with Gasteiger partial charge in [-0.1, -0.05) is 76.6 Å². The molecule has 4 aliphatic carbocycles. The zero-order valence-electron chi connectivity index (χ0n) is 23.2. The third-order valence-electron chi connectivity index (χ3n) is 11.9. The Hall–Kier alpha value is -1.42. The minimum atomic E-state index is -0.778. The average Bonchev–Trinajstić information content (AvgIpc) is 3.20. The Kier molecular flexibility index (Phi) is 6.62. The van der Waals surface area contributed by atoms with Crippen LogP contribution in [-0.4, -0.2) is 27.5 Å². The van der Waals surface area contributed by atoms with Crippen LogP contribution in [0.1, 0.15) is 104 Å². The van der Waals surface area contributed by atoms with Crippen LogP contribution in [0.25, 0.3) is 0 Å². The van der Waals surface area contributed by atoms with Crippen LogP contribution in [0.15, 0.2) is 53.1 Å². The summed E-state index contributed by atoms with van der Waals surface area (Å²) in [6.45, 7) is 11.9. The van der Waals surface area contributed by atoms with Crippen LogP contribution in [0.5, 0.6) is 0 Å². The maximum Gasteiger partial charge on any atom is 0.0792 e. The van der Waals surface area contributed by atoms with Gasteiger partial charge in [0, 0.05) is 6.61 Å². The minimum Gasteiger partial charge on any atom is -0.396 e. The summed E-state index contributed by atoms with van der Waals surface area (Å²) < 4.78 is 0. The molecular weight excluding hydrogens is 444 g/mol. The van der Waals surface area contributed by atoms with Crippen molar-refractivity contribution in [3.63, 3.8) is 0 Å². The molecule has 1 aromatic carbocycles. The van der Waals surface area contributed by atoms with Gasteiger partial charge in [-0.2, -0.15) is 0 Å². The number of hydrogen-bond donors (Lipinski definition) is 3. The maximum absolute atomic E-state index is 11.6. The number of hydrogen-bond acceptors (Lipinski definition) is 3. The normalized spacial score (nSPS) is 39.1. The summed E-state index contributed by atoms with van der Waals surface area (Å²) in [6.07, 6.45) is 11.0. The van der Waals surface area contributed by atoms with Gasteiger partial charge in [-0.3, -0.25) is 0 Å². The second-order valence-electron chi connectivity index (χ2n) is 13.7. The fraction of sp³-hybridized carbons (Fsp3) is 0.697. The standard InChI is InChI=1S/C33H48O3/c1-22(21-28(35)23-9-7-6-8-10-23)25-12-13-26-24-11-14-29-30(2,3)33(36,19-20-34)18-17-32(29,5)27(24)15-16-31(25,26)4/h6-10,13,22,25,28-29,34-36H,11-12,14-21H2,1-5H3/t22-,25-,28?,29+,31-,32-,33?/m1/s1. The summed E-state index contributed by atoms with van der Waals surface area (Å²) in [4.78, 5) is 0. The molecule has 0 radical (unpaired) electrons. The fourth-order valence-electron chi connectivity index (χ4n) is 9.57. The van der Waals surface area contributed by atoms with Crippen molar-refractivity contribution in [1.82, 2.24) is 0 Å². The van der Waals surface area contributed by atoms with E-state index in [4.69, 9.17) is 0 Å². The van der Waals surface area contributed by atoms with Crippen LogP contribution in [0.4, 0.5) is 0 Å². The van der Waals surface area contributed by atoms with E-state index in [-0.39, 0.29) is 22.9 Å². The molecule has 3 N–H and O–H groups in total. The van der Waals surface area contributed by atoms with Crippen LogP contribution in [0.2, 0.25) is 0 Å². The lowest BCUT2D eigenvalue weighted by molar-refractivity contribution is -0.174. The zero-order valence-corrected chi connectivity index (χ0v) is 23.2. The van der Waals surface area contributed by atoms with Gasteiger partial charge in [-0.25, -0.2) is 0 Å². The first kappa shape index (κ1) is 26.2. The molecule has 5 rings (SSSR count). The first-order valence-corrected chi connectivity index (χ1v) is 14.5. The van der Waals surface area contributed by atoms with E-state index in [2.05, 4.69) is 40.7 Å². The van der Waals surface area contributed by atoms with Gasteiger partial charge in [0.1, 0.15) is 0 Å². The van der Waals surface area contributed by atoms with Crippen LogP contribution < -0.4 is 0 Å². The van der Waals surface area contributed by atoms with Crippen molar-refractivity contribution in [2.75, 3.05) is 6.61 Å². The third kappa shape index (κ3) is 3.79. The Morgan fingerprint density at radius 1 is 0.972 bits per heavy atom. The quantitative estimate of drug-likeness (QED) is 0.395. The van der Waals surface area contributed by atoms with E-state index >= 15 is 0 Å². The lowest BCUT2D eigenvalue weighted by Crippen LogP contribution is -2.60. The van der Waals surface area contributed by atoms with Crippen molar-refractivity contribution >= 4 is 0 Å². The van der Waals surface area contributed by atoms with E-state index in [1.165, 1.54) is 6.42 Å². The lowest BCUT2D eigenvalue weighted by atomic mass is 9.43. The van der Waals surface area contributed by atoms with Crippen molar-refractivity contribution in [2.24, 2.45) is 34.0 Å². The predicted octanol–water partition coefficient (Wildman–Crippen LogP) is 7.14. The van der Waals surface area contributed by atoms with Crippen LogP contribution in [-0.2, 0) is 0 Å². The molecule has 0 amide bonds. The molecule has 36 heavy (non-hydrogen) atoms. The molecule has 1 saturated carbocycles. The second kappa shape index (κ2) is 9.10. The molecule has 1 aromatic rings. The summed E-state index contributed by atoms with van der Waals surface area (Å²) in [5.41, 5.74) is 5.30. The highest BCUT2D eigenvalue weighted by atomic mass is 16.3. The summed E-state index contributed by atoms with van der Waals surface area (Å²) in [6, 6.07) is 10.1. The zero-order chi connectivity index (χ0) is 25.9. The van der Waals surface area contributed by atoms with E-state index in [1.54, 1.807) is 16.7 Å². The van der Waals surface area contributed by atoms with Crippen molar-refractivity contribution in [3.05, 3.63) is 58.7 Å². The van der Waals surface area contributed by atoms with Crippen LogP contribution in [0.3, 0.4) is 0 Å². The molecule has 0 aliphatic heterocycles. The Morgan fingerprint density at radius 2 is 1.69 bits per heavy atom. The van der Waals surface area contributed by atoms with Gasteiger partial charge in [0.05, 0.1) is 11.7 Å². The summed E-state index contributed by atoms with van der Waals surface area (Å²) in [5.74, 6) is 1.47. The highest BCUT2D eigenvalue weighted by Gasteiger charge is 2.61. The molecule has 3 heteroatoms. The Balaban J connectivity index is 1.39. The van der Waals surface area contributed by atoms with Gasteiger partial charge in [0.15, 0.2) is 0 Å².